The molecule has 15 atom stereocenters. The summed E-state index contributed by atoms with van der Waals surface area (Å²) in [6.45, 7) is 11.5. The molecule has 23 heteroatoms. The first-order valence-electron chi connectivity index (χ1n) is 18.3. The fourth-order valence-electron chi connectivity index (χ4n) is 6.57. The van der Waals surface area contributed by atoms with Crippen molar-refractivity contribution in [1.29, 1.82) is 0 Å². The molecule has 0 bridgehead atoms. The lowest BCUT2D eigenvalue weighted by Gasteiger charge is -2.50. The van der Waals surface area contributed by atoms with Gasteiger partial charge in [0, 0.05) is 62.3 Å². The largest absolute Gasteiger partial charge is 0.463 e. The second kappa shape index (κ2) is 21.3. The minimum absolute atomic E-state index is 0.669. The van der Waals surface area contributed by atoms with Gasteiger partial charge in [-0.15, -0.1) is 0 Å². The van der Waals surface area contributed by atoms with Crippen LogP contribution in [0.15, 0.2) is 0 Å². The van der Waals surface area contributed by atoms with Crippen molar-refractivity contribution in [3.05, 3.63) is 0 Å². The van der Waals surface area contributed by atoms with Crippen LogP contribution in [0.3, 0.4) is 0 Å². The second-order valence-electron chi connectivity index (χ2n) is 13.6. The van der Waals surface area contributed by atoms with Gasteiger partial charge in [-0.2, -0.15) is 0 Å². The molecule has 0 aromatic heterocycles. The molecule has 23 nitrogen and oxygen atoms in total. The van der Waals surface area contributed by atoms with Crippen LogP contribution in [0, 0.1) is 0 Å². The van der Waals surface area contributed by atoms with E-state index in [1.54, 1.807) is 0 Å². The zero-order valence-corrected chi connectivity index (χ0v) is 34.3. The van der Waals surface area contributed by atoms with Crippen molar-refractivity contribution in [2.24, 2.45) is 0 Å². The van der Waals surface area contributed by atoms with Crippen LogP contribution in [-0.2, 0) is 109 Å². The summed E-state index contributed by atoms with van der Waals surface area (Å²) in [5.74, 6) is -8.02. The highest BCUT2D eigenvalue weighted by atomic mass is 16.8. The lowest BCUT2D eigenvalue weighted by molar-refractivity contribution is -0.380. The molecule has 0 aliphatic carbocycles. The van der Waals surface area contributed by atoms with Gasteiger partial charge in [0.25, 0.3) is 0 Å². The third kappa shape index (κ3) is 13.8. The van der Waals surface area contributed by atoms with E-state index in [1.807, 2.05) is 0 Å². The van der Waals surface area contributed by atoms with Gasteiger partial charge in [0.05, 0.1) is 12.2 Å². The van der Waals surface area contributed by atoms with E-state index in [2.05, 4.69) is 0 Å². The summed E-state index contributed by atoms with van der Waals surface area (Å²) in [6, 6.07) is 0. The molecule has 3 heterocycles. The van der Waals surface area contributed by atoms with E-state index in [1.165, 1.54) is 13.8 Å². The molecule has 3 rings (SSSR count). The molecule has 0 unspecified atom stereocenters. The predicted octanol–water partition coefficient (Wildman–Crippen LogP) is -0.381. The van der Waals surface area contributed by atoms with Crippen LogP contribution in [0.2, 0.25) is 0 Å². The van der Waals surface area contributed by atoms with Crippen molar-refractivity contribution >= 4 is 53.7 Å². The molecule has 0 N–H and O–H groups in total. The Kier molecular flexibility index (Phi) is 17.5. The maximum atomic E-state index is 12.9. The topological polar surface area (TPSA) is 283 Å². The SMILES string of the molecule is CC(=O)OC[C@H]1O[C@H](OC(C)=O)[C@H](O[C@@H]2O[C@@H](C)[C@H](OC(C)=O)[C@@H](OC(C)=O)[C@H]2OC(C)=O)[C@@H](OC(C)=O)[C@@H]1O[C@@H]1O[C@@H](C)[C@H](OC(C)=O)[C@@H](OC(C)=O)[C@H]1OC(C)=O. The molecule has 0 radical (unpaired) electrons. The monoisotopic (exact) mass is 850 g/mol. The Labute approximate surface area is 338 Å². The fraction of sp³-hybridized carbons (Fsp3) is 0.750. The summed E-state index contributed by atoms with van der Waals surface area (Å²) in [6.07, 6.45) is -23.9. The number of carbonyl (C=O) groups is 9. The molecule has 59 heavy (non-hydrogen) atoms. The van der Waals surface area contributed by atoms with Crippen molar-refractivity contribution in [2.45, 2.75) is 168 Å². The maximum Gasteiger partial charge on any atom is 0.305 e. The molecule has 3 aliphatic rings. The van der Waals surface area contributed by atoms with E-state index >= 15 is 0 Å². The molecular formula is C36H50O23. The van der Waals surface area contributed by atoms with Gasteiger partial charge in [0.1, 0.15) is 18.8 Å². The second-order valence-corrected chi connectivity index (χ2v) is 13.6. The number of hydrogen-bond acceptors (Lipinski definition) is 23. The number of esters is 9. The summed E-state index contributed by atoms with van der Waals surface area (Å²) in [5.41, 5.74) is 0. The lowest BCUT2D eigenvalue weighted by atomic mass is 9.95. The molecule has 0 amide bonds. The molecule has 3 saturated heterocycles. The molecule has 0 aromatic rings. The molecule has 3 aliphatic heterocycles. The zero-order chi connectivity index (χ0) is 44.5. The highest BCUT2D eigenvalue weighted by Gasteiger charge is 2.59. The van der Waals surface area contributed by atoms with Gasteiger partial charge < -0.3 is 66.3 Å². The lowest BCUT2D eigenvalue weighted by Crippen LogP contribution is -2.68. The Morgan fingerprint density at radius 2 is 0.644 bits per heavy atom. The fourth-order valence-corrected chi connectivity index (χ4v) is 6.57. The zero-order valence-electron chi connectivity index (χ0n) is 34.3. The van der Waals surface area contributed by atoms with Gasteiger partial charge in [-0.3, -0.25) is 43.2 Å². The number of rotatable bonds is 14. The number of ether oxygens (including phenoxy) is 14. The van der Waals surface area contributed by atoms with Gasteiger partial charge in [0.15, 0.2) is 61.4 Å². The number of carbonyl (C=O) groups excluding carboxylic acids is 9. The van der Waals surface area contributed by atoms with E-state index in [4.69, 9.17) is 66.3 Å². The van der Waals surface area contributed by atoms with Crippen molar-refractivity contribution < 1.29 is 109 Å². The van der Waals surface area contributed by atoms with Gasteiger partial charge in [-0.25, -0.2) is 0 Å². The van der Waals surface area contributed by atoms with Crippen LogP contribution in [0.5, 0.6) is 0 Å². The van der Waals surface area contributed by atoms with E-state index in [0.29, 0.717) is 0 Å². The predicted molar refractivity (Wildman–Crippen MR) is 184 cm³/mol. The molecule has 0 spiro atoms. The third-order valence-electron chi connectivity index (χ3n) is 8.48. The molecular weight excluding hydrogens is 800 g/mol. The smallest absolute Gasteiger partial charge is 0.305 e. The Balaban J connectivity index is 2.23. The molecule has 3 fully saturated rings. The minimum atomic E-state index is -1.87. The number of hydrogen-bond donors (Lipinski definition) is 0. The summed E-state index contributed by atoms with van der Waals surface area (Å²) in [7, 11) is 0. The average Bonchev–Trinajstić information content (AvgIpc) is 3.07. The first-order chi connectivity index (χ1) is 27.5. The maximum absolute atomic E-state index is 12.9. The molecule has 332 valence electrons. The van der Waals surface area contributed by atoms with Crippen molar-refractivity contribution in [3.8, 4) is 0 Å². The summed E-state index contributed by atoms with van der Waals surface area (Å²) >= 11 is 0. The van der Waals surface area contributed by atoms with Crippen LogP contribution in [-0.4, -0.2) is 152 Å². The van der Waals surface area contributed by atoms with Gasteiger partial charge in [-0.05, 0) is 13.8 Å². The van der Waals surface area contributed by atoms with Crippen molar-refractivity contribution in [3.63, 3.8) is 0 Å². The first kappa shape index (κ1) is 48.4. The van der Waals surface area contributed by atoms with Crippen LogP contribution >= 0.6 is 0 Å². The minimum Gasteiger partial charge on any atom is -0.463 e. The van der Waals surface area contributed by atoms with Gasteiger partial charge in [0.2, 0.25) is 6.29 Å². The standard InChI is InChI=1S/C36H50O23/c1-13-25(49-16(4)38)28(51-18(6)40)31(54-21(9)43)34(47-13)58-27-24(12-46-15(3)37)57-36(56-23(11)45)33(30(27)53-20(8)42)59-35-32(55-22(10)44)29(52-19(7)41)26(14(2)48-35)50-17(5)39/h13-14,24-36H,12H2,1-11H3/t13-,14-,24+,25-,26-,27+,28+,29+,30-,31+,32+,33+,34-,35-,36-/m0/s1. The highest BCUT2D eigenvalue weighted by Crippen LogP contribution is 2.38. The van der Waals surface area contributed by atoms with Gasteiger partial charge >= 0.3 is 53.7 Å². The van der Waals surface area contributed by atoms with Crippen LogP contribution in [0.25, 0.3) is 0 Å². The van der Waals surface area contributed by atoms with Crippen LogP contribution in [0.4, 0.5) is 0 Å². The Hall–Kier alpha value is -4.97. The molecule has 0 aromatic carbocycles. The first-order valence-corrected chi connectivity index (χ1v) is 18.3. The van der Waals surface area contributed by atoms with Crippen LogP contribution in [0.1, 0.15) is 76.2 Å². The van der Waals surface area contributed by atoms with Crippen LogP contribution < -0.4 is 0 Å². The summed E-state index contributed by atoms with van der Waals surface area (Å²) in [4.78, 5) is 111. The molecule has 0 saturated carbocycles. The van der Waals surface area contributed by atoms with E-state index < -0.39 is 152 Å². The highest BCUT2D eigenvalue weighted by molar-refractivity contribution is 5.70. The quantitative estimate of drug-likeness (QED) is 0.159. The van der Waals surface area contributed by atoms with E-state index in [9.17, 15) is 43.2 Å². The Morgan fingerprint density at radius 1 is 0.339 bits per heavy atom. The van der Waals surface area contributed by atoms with Crippen molar-refractivity contribution in [2.75, 3.05) is 6.61 Å². The average molecular weight is 851 g/mol. The normalized spacial score (nSPS) is 34.1. The Morgan fingerprint density at radius 3 is 0.983 bits per heavy atom. The van der Waals surface area contributed by atoms with E-state index in [-0.39, 0.29) is 0 Å². The summed E-state index contributed by atoms with van der Waals surface area (Å²) < 4.78 is 79.8. The van der Waals surface area contributed by atoms with Crippen molar-refractivity contribution in [1.82, 2.24) is 0 Å². The third-order valence-corrected chi connectivity index (χ3v) is 8.48. The van der Waals surface area contributed by atoms with E-state index in [0.717, 1.165) is 62.3 Å². The summed E-state index contributed by atoms with van der Waals surface area (Å²) in [5, 5.41) is 0. The Bertz CT molecular complexity index is 1580. The van der Waals surface area contributed by atoms with Gasteiger partial charge in [-0.1, -0.05) is 0 Å².